The monoisotopic (exact) mass is 282 g/mol. The second-order valence-electron chi connectivity index (χ2n) is 5.37. The van der Waals surface area contributed by atoms with Gasteiger partial charge in [-0.1, -0.05) is 0 Å². The molecule has 0 aliphatic heterocycles. The smallest absolute Gasteiger partial charge is 0.190 e. The first-order valence-corrected chi connectivity index (χ1v) is 6.56. The molecule has 0 bridgehead atoms. The quantitative estimate of drug-likeness (QED) is 0.780. The van der Waals surface area contributed by atoms with Crippen LogP contribution in [0.25, 0.3) is 0 Å². The zero-order chi connectivity index (χ0) is 15.2. The van der Waals surface area contributed by atoms with Crippen molar-refractivity contribution in [3.8, 4) is 11.8 Å². The van der Waals surface area contributed by atoms with Crippen molar-refractivity contribution in [2.45, 2.75) is 33.2 Å². The fraction of sp³-hybridized carbons (Fsp3) is 0.533. The van der Waals surface area contributed by atoms with Crippen molar-refractivity contribution in [2.75, 3.05) is 13.7 Å². The number of hydrogen-bond donors (Lipinski definition) is 1. The molecule has 0 aliphatic rings. The Bertz CT molecular complexity index is 472. The highest BCUT2D eigenvalue weighted by atomic mass is 19.1. The number of nitriles is 1. The van der Waals surface area contributed by atoms with Gasteiger partial charge in [-0.3, -0.25) is 0 Å². The van der Waals surface area contributed by atoms with E-state index in [1.54, 1.807) is 7.05 Å². The molecule has 5 heteroatoms. The summed E-state index contributed by atoms with van der Waals surface area (Å²) in [5, 5.41) is 11.7. The van der Waals surface area contributed by atoms with Gasteiger partial charge in [0, 0.05) is 6.54 Å². The van der Waals surface area contributed by atoms with Gasteiger partial charge in [-0.15, -0.1) is 0 Å². The van der Waals surface area contributed by atoms with Crippen LogP contribution in [0.5, 0.6) is 5.75 Å². The molecule has 0 saturated heterocycles. The van der Waals surface area contributed by atoms with E-state index >= 15 is 0 Å². The maximum Gasteiger partial charge on any atom is 0.190 e. The summed E-state index contributed by atoms with van der Waals surface area (Å²) < 4.78 is 32.6. The molecule has 0 heterocycles. The third-order valence-electron chi connectivity index (χ3n) is 2.93. The van der Waals surface area contributed by atoms with E-state index in [4.69, 9.17) is 10.00 Å². The van der Waals surface area contributed by atoms with Crippen molar-refractivity contribution < 1.29 is 13.5 Å². The van der Waals surface area contributed by atoms with Gasteiger partial charge in [0.05, 0.1) is 18.1 Å². The summed E-state index contributed by atoms with van der Waals surface area (Å²) in [6.07, 6.45) is 1.18. The van der Waals surface area contributed by atoms with Crippen molar-refractivity contribution >= 4 is 0 Å². The Labute approximate surface area is 118 Å². The lowest BCUT2D eigenvalue weighted by Crippen LogP contribution is -2.11. The summed E-state index contributed by atoms with van der Waals surface area (Å²) in [4.78, 5) is 0. The van der Waals surface area contributed by atoms with Gasteiger partial charge in [0.1, 0.15) is 0 Å². The molecule has 3 nitrogen and oxygen atoms in total. The Morgan fingerprint density at radius 2 is 1.90 bits per heavy atom. The maximum absolute atomic E-state index is 13.7. The van der Waals surface area contributed by atoms with Crippen LogP contribution < -0.4 is 10.1 Å². The molecule has 1 rings (SSSR count). The first-order chi connectivity index (χ1) is 9.39. The zero-order valence-electron chi connectivity index (χ0n) is 12.1. The molecule has 0 radical (unpaired) electrons. The van der Waals surface area contributed by atoms with E-state index in [0.29, 0.717) is 24.9 Å². The predicted octanol–water partition coefficient (Wildman–Crippen LogP) is 3.39. The number of rotatable bonds is 7. The number of nitrogens with one attached hydrogen (secondary N) is 1. The Balaban J connectivity index is 2.59. The predicted molar refractivity (Wildman–Crippen MR) is 73.2 cm³/mol. The molecule has 0 saturated carbocycles. The fourth-order valence-corrected chi connectivity index (χ4v) is 1.80. The molecule has 20 heavy (non-hydrogen) atoms. The van der Waals surface area contributed by atoms with Crippen molar-refractivity contribution in [2.24, 2.45) is 5.41 Å². The molecule has 110 valence electrons. The SMILES string of the molecule is CNCc1cc(F)c(OCCCC(C)(C)C#N)c(F)c1. The highest BCUT2D eigenvalue weighted by Crippen LogP contribution is 2.25. The van der Waals surface area contributed by atoms with Gasteiger partial charge in [-0.2, -0.15) is 5.26 Å². The molecule has 0 aliphatic carbocycles. The van der Waals surface area contributed by atoms with E-state index in [2.05, 4.69) is 11.4 Å². The lowest BCUT2D eigenvalue weighted by molar-refractivity contribution is 0.260. The largest absolute Gasteiger partial charge is 0.488 e. The molecule has 0 spiro atoms. The van der Waals surface area contributed by atoms with Crippen molar-refractivity contribution in [3.05, 3.63) is 29.3 Å². The minimum Gasteiger partial charge on any atom is -0.488 e. The Kier molecular flexibility index (Phi) is 5.90. The van der Waals surface area contributed by atoms with Crippen LogP contribution in [-0.2, 0) is 6.54 Å². The summed E-state index contributed by atoms with van der Waals surface area (Å²) in [6.45, 7) is 4.22. The molecule has 0 amide bonds. The van der Waals surface area contributed by atoms with E-state index < -0.39 is 17.0 Å². The molecule has 0 aromatic heterocycles. The standard InChI is InChI=1S/C15H20F2N2O/c1-15(2,10-18)5-4-6-20-14-12(16)7-11(9-19-3)8-13(14)17/h7-8,19H,4-6,9H2,1-3H3. The normalized spacial score (nSPS) is 11.2. The van der Waals surface area contributed by atoms with Gasteiger partial charge in [0.2, 0.25) is 0 Å². The highest BCUT2D eigenvalue weighted by Gasteiger charge is 2.17. The van der Waals surface area contributed by atoms with Gasteiger partial charge in [0.15, 0.2) is 17.4 Å². The molecule has 1 aromatic rings. The third-order valence-corrected chi connectivity index (χ3v) is 2.93. The van der Waals surface area contributed by atoms with Crippen molar-refractivity contribution in [1.82, 2.24) is 5.32 Å². The molecule has 0 atom stereocenters. The minimum absolute atomic E-state index is 0.185. The van der Waals surface area contributed by atoms with Crippen LogP contribution in [0, 0.1) is 28.4 Å². The van der Waals surface area contributed by atoms with Crippen molar-refractivity contribution in [1.29, 1.82) is 5.26 Å². The number of ether oxygens (including phenoxy) is 1. The first kappa shape index (κ1) is 16.4. The Morgan fingerprint density at radius 1 is 1.30 bits per heavy atom. The van der Waals surface area contributed by atoms with Gasteiger partial charge in [-0.25, -0.2) is 8.78 Å². The van der Waals surface area contributed by atoms with Crippen LogP contribution in [0.3, 0.4) is 0 Å². The third kappa shape index (κ3) is 4.78. The summed E-state index contributed by atoms with van der Waals surface area (Å²) in [5.41, 5.74) is 0.0809. The van der Waals surface area contributed by atoms with Crippen molar-refractivity contribution in [3.63, 3.8) is 0 Å². The van der Waals surface area contributed by atoms with Crippen LogP contribution in [-0.4, -0.2) is 13.7 Å². The van der Waals surface area contributed by atoms with E-state index in [1.807, 2.05) is 13.8 Å². The molecule has 0 unspecified atom stereocenters. The number of hydrogen-bond acceptors (Lipinski definition) is 3. The minimum atomic E-state index is -0.699. The summed E-state index contributed by atoms with van der Waals surface area (Å²) in [5.74, 6) is -1.75. The topological polar surface area (TPSA) is 45.0 Å². The average molecular weight is 282 g/mol. The van der Waals surface area contributed by atoms with Crippen LogP contribution in [0.1, 0.15) is 32.3 Å². The van der Waals surface area contributed by atoms with E-state index in [-0.39, 0.29) is 12.4 Å². The van der Waals surface area contributed by atoms with Gasteiger partial charge < -0.3 is 10.1 Å². The Morgan fingerprint density at radius 3 is 2.40 bits per heavy atom. The molecular formula is C15H20F2N2O. The summed E-state index contributed by atoms with van der Waals surface area (Å²) in [7, 11) is 1.71. The van der Waals surface area contributed by atoms with Crippen LogP contribution >= 0.6 is 0 Å². The van der Waals surface area contributed by atoms with E-state index in [0.717, 1.165) is 0 Å². The fourth-order valence-electron chi connectivity index (χ4n) is 1.80. The van der Waals surface area contributed by atoms with E-state index in [1.165, 1.54) is 12.1 Å². The Hall–Kier alpha value is -1.67. The van der Waals surface area contributed by atoms with Crippen LogP contribution in [0.15, 0.2) is 12.1 Å². The highest BCUT2D eigenvalue weighted by molar-refractivity contribution is 5.31. The lowest BCUT2D eigenvalue weighted by Gasteiger charge is -2.15. The van der Waals surface area contributed by atoms with Crippen LogP contribution in [0.2, 0.25) is 0 Å². The average Bonchev–Trinajstić information content (AvgIpc) is 2.37. The molecular weight excluding hydrogens is 262 g/mol. The summed E-state index contributed by atoms with van der Waals surface area (Å²) in [6, 6.07) is 4.69. The van der Waals surface area contributed by atoms with Gasteiger partial charge in [0.25, 0.3) is 0 Å². The molecule has 0 fully saturated rings. The van der Waals surface area contributed by atoms with E-state index in [9.17, 15) is 8.78 Å². The van der Waals surface area contributed by atoms with Crippen LogP contribution in [0.4, 0.5) is 8.78 Å². The second-order valence-corrected chi connectivity index (χ2v) is 5.37. The number of halogens is 2. The number of benzene rings is 1. The first-order valence-electron chi connectivity index (χ1n) is 6.56. The lowest BCUT2D eigenvalue weighted by atomic mass is 9.90. The maximum atomic E-state index is 13.7. The van der Waals surface area contributed by atoms with Gasteiger partial charge in [-0.05, 0) is 51.4 Å². The second kappa shape index (κ2) is 7.20. The van der Waals surface area contributed by atoms with Gasteiger partial charge >= 0.3 is 0 Å². The number of nitrogens with zero attached hydrogens (tertiary/aromatic N) is 1. The summed E-state index contributed by atoms with van der Waals surface area (Å²) >= 11 is 0. The zero-order valence-corrected chi connectivity index (χ0v) is 12.1. The molecule has 1 N–H and O–H groups in total. The molecule has 1 aromatic carbocycles.